The van der Waals surface area contributed by atoms with Crippen molar-refractivity contribution in [3.05, 3.63) is 22.4 Å². The molecule has 0 atom stereocenters. The van der Waals surface area contributed by atoms with Gasteiger partial charge in [0.05, 0.1) is 11.0 Å². The normalized spacial score (nSPS) is 20.4. The minimum Gasteiger partial charge on any atom is -0.381 e. The maximum atomic E-state index is 12.9. The lowest BCUT2D eigenvalue weighted by atomic mass is 9.78. The highest BCUT2D eigenvalue weighted by atomic mass is 35.5. The Morgan fingerprint density at radius 1 is 1.17 bits per heavy atom. The van der Waals surface area contributed by atoms with Crippen molar-refractivity contribution < 1.29 is 14.3 Å². The molecule has 2 fully saturated rings. The van der Waals surface area contributed by atoms with Crippen LogP contribution < -0.4 is 5.73 Å². The summed E-state index contributed by atoms with van der Waals surface area (Å²) < 4.78 is 5.38. The Morgan fingerprint density at radius 3 is 2.33 bits per heavy atom. The predicted molar refractivity (Wildman–Crippen MR) is 95.6 cm³/mol. The predicted octanol–water partition coefficient (Wildman–Crippen LogP) is 1.21. The minimum atomic E-state index is -0.474. The lowest BCUT2D eigenvalue weighted by Crippen LogP contribution is -2.57. The van der Waals surface area contributed by atoms with Crippen LogP contribution in [0.25, 0.3) is 0 Å². The van der Waals surface area contributed by atoms with Gasteiger partial charge in [0.15, 0.2) is 0 Å². The summed E-state index contributed by atoms with van der Waals surface area (Å²) in [5.74, 6) is 0.184. The van der Waals surface area contributed by atoms with E-state index in [4.69, 9.17) is 10.5 Å². The van der Waals surface area contributed by atoms with Crippen LogP contribution in [-0.4, -0.2) is 67.6 Å². The van der Waals surface area contributed by atoms with Gasteiger partial charge in [0.2, 0.25) is 5.91 Å². The second-order valence-electron chi connectivity index (χ2n) is 6.19. The summed E-state index contributed by atoms with van der Waals surface area (Å²) >= 11 is 1.52. The van der Waals surface area contributed by atoms with Crippen LogP contribution >= 0.6 is 23.7 Å². The molecule has 2 amide bonds. The van der Waals surface area contributed by atoms with E-state index in [0.717, 1.165) is 5.56 Å². The number of hydrogen-bond acceptors (Lipinski definition) is 5. The number of halogens is 1. The van der Waals surface area contributed by atoms with Gasteiger partial charge in [-0.05, 0) is 24.3 Å². The van der Waals surface area contributed by atoms with Gasteiger partial charge in [-0.1, -0.05) is 0 Å². The van der Waals surface area contributed by atoms with E-state index in [0.29, 0.717) is 58.8 Å². The molecule has 0 spiro atoms. The van der Waals surface area contributed by atoms with Crippen molar-refractivity contribution in [3.8, 4) is 0 Å². The van der Waals surface area contributed by atoms with E-state index in [1.807, 2.05) is 26.6 Å². The van der Waals surface area contributed by atoms with E-state index in [9.17, 15) is 9.59 Å². The van der Waals surface area contributed by atoms with E-state index in [1.165, 1.54) is 11.3 Å². The Balaban J connectivity index is 0.00000208. The zero-order chi connectivity index (χ0) is 16.3. The number of amides is 2. The molecule has 2 saturated heterocycles. The fourth-order valence-corrected chi connectivity index (χ4v) is 3.91. The third-order valence-electron chi connectivity index (χ3n) is 4.92. The van der Waals surface area contributed by atoms with Crippen LogP contribution in [-0.2, 0) is 9.53 Å². The molecule has 2 aliphatic heterocycles. The van der Waals surface area contributed by atoms with Gasteiger partial charge in [-0.15, -0.1) is 12.4 Å². The van der Waals surface area contributed by atoms with Gasteiger partial charge >= 0.3 is 0 Å². The summed E-state index contributed by atoms with van der Waals surface area (Å²) in [5, 5.41) is 3.77. The van der Waals surface area contributed by atoms with Gasteiger partial charge in [-0.25, -0.2) is 0 Å². The van der Waals surface area contributed by atoms with Crippen LogP contribution in [0.3, 0.4) is 0 Å². The van der Waals surface area contributed by atoms with Gasteiger partial charge < -0.3 is 20.3 Å². The molecule has 8 heteroatoms. The Hall–Kier alpha value is -1.15. The molecule has 0 aliphatic carbocycles. The number of ether oxygens (including phenoxy) is 1. The van der Waals surface area contributed by atoms with Crippen molar-refractivity contribution in [3.63, 3.8) is 0 Å². The number of piperazine rings is 1. The second kappa shape index (κ2) is 8.29. The maximum absolute atomic E-state index is 12.9. The summed E-state index contributed by atoms with van der Waals surface area (Å²) in [6.07, 6.45) is 1.38. The standard InChI is InChI=1S/C16H23N3O3S.ClH/c17-12-16(2-8-22-9-3-16)15(21)19-6-4-18(5-7-19)14(20)13-1-10-23-11-13;/h1,10-11H,2-9,12,17H2;1H. The molecule has 0 bridgehead atoms. The smallest absolute Gasteiger partial charge is 0.254 e. The highest BCUT2D eigenvalue weighted by Crippen LogP contribution is 2.32. The van der Waals surface area contributed by atoms with Gasteiger partial charge in [-0.3, -0.25) is 9.59 Å². The Bertz CT molecular complexity index is 553. The van der Waals surface area contributed by atoms with Gasteiger partial charge in [0.1, 0.15) is 0 Å². The third kappa shape index (κ3) is 3.74. The molecule has 6 nitrogen and oxygen atoms in total. The summed E-state index contributed by atoms with van der Waals surface area (Å²) in [5.41, 5.74) is 6.18. The molecule has 2 aliphatic rings. The monoisotopic (exact) mass is 373 g/mol. The highest BCUT2D eigenvalue weighted by Gasteiger charge is 2.42. The highest BCUT2D eigenvalue weighted by molar-refractivity contribution is 7.08. The van der Waals surface area contributed by atoms with E-state index in [1.54, 1.807) is 0 Å². The zero-order valence-electron chi connectivity index (χ0n) is 13.6. The lowest BCUT2D eigenvalue weighted by Gasteiger charge is -2.42. The second-order valence-corrected chi connectivity index (χ2v) is 6.97. The van der Waals surface area contributed by atoms with Crippen LogP contribution in [0.4, 0.5) is 0 Å². The number of carbonyl (C=O) groups excluding carboxylic acids is 2. The summed E-state index contributed by atoms with van der Waals surface area (Å²) in [4.78, 5) is 28.9. The summed E-state index contributed by atoms with van der Waals surface area (Å²) in [6.45, 7) is 3.88. The van der Waals surface area contributed by atoms with Crippen molar-refractivity contribution >= 4 is 35.6 Å². The first kappa shape index (κ1) is 19.2. The fourth-order valence-electron chi connectivity index (χ4n) is 3.28. The number of nitrogens with two attached hydrogens (primary N) is 1. The Morgan fingerprint density at radius 2 is 1.79 bits per heavy atom. The van der Waals surface area contributed by atoms with Crippen LogP contribution in [0, 0.1) is 5.41 Å². The van der Waals surface area contributed by atoms with Gasteiger partial charge in [-0.2, -0.15) is 11.3 Å². The number of nitrogens with zero attached hydrogens (tertiary/aromatic N) is 2. The Labute approximate surface area is 152 Å². The van der Waals surface area contributed by atoms with Crippen molar-refractivity contribution in [1.29, 1.82) is 0 Å². The van der Waals surface area contributed by atoms with Crippen LogP contribution in [0.15, 0.2) is 16.8 Å². The molecule has 2 N–H and O–H groups in total. The number of rotatable bonds is 3. The molecule has 0 unspecified atom stereocenters. The number of hydrogen-bond donors (Lipinski definition) is 1. The molecule has 24 heavy (non-hydrogen) atoms. The minimum absolute atomic E-state index is 0. The summed E-state index contributed by atoms with van der Waals surface area (Å²) in [6, 6.07) is 1.84. The van der Waals surface area contributed by atoms with E-state index >= 15 is 0 Å². The zero-order valence-corrected chi connectivity index (χ0v) is 15.2. The topological polar surface area (TPSA) is 75.9 Å². The van der Waals surface area contributed by atoms with E-state index in [2.05, 4.69) is 0 Å². The summed E-state index contributed by atoms with van der Waals surface area (Å²) in [7, 11) is 0. The molecule has 134 valence electrons. The molecule has 3 rings (SSSR count). The molecular weight excluding hydrogens is 350 g/mol. The SMILES string of the molecule is Cl.NCC1(C(=O)N2CCN(C(=O)c3ccsc3)CC2)CCOCC1. The molecular formula is C16H24ClN3O3S. The molecule has 0 aromatic carbocycles. The Kier molecular flexibility index (Phi) is 6.62. The maximum Gasteiger partial charge on any atom is 0.254 e. The van der Waals surface area contributed by atoms with Crippen LogP contribution in [0.5, 0.6) is 0 Å². The molecule has 3 heterocycles. The van der Waals surface area contributed by atoms with E-state index in [-0.39, 0.29) is 24.2 Å². The van der Waals surface area contributed by atoms with Crippen molar-refractivity contribution in [2.75, 3.05) is 45.9 Å². The molecule has 0 saturated carbocycles. The first-order chi connectivity index (χ1) is 11.2. The van der Waals surface area contributed by atoms with E-state index < -0.39 is 5.41 Å². The lowest BCUT2D eigenvalue weighted by molar-refractivity contribution is -0.148. The largest absolute Gasteiger partial charge is 0.381 e. The van der Waals surface area contributed by atoms with Crippen LogP contribution in [0.1, 0.15) is 23.2 Å². The van der Waals surface area contributed by atoms with Crippen molar-refractivity contribution in [1.82, 2.24) is 9.80 Å². The van der Waals surface area contributed by atoms with Crippen molar-refractivity contribution in [2.45, 2.75) is 12.8 Å². The van der Waals surface area contributed by atoms with Gasteiger partial charge in [0, 0.05) is 51.3 Å². The average molecular weight is 374 g/mol. The first-order valence-corrected chi connectivity index (χ1v) is 8.99. The van der Waals surface area contributed by atoms with Gasteiger partial charge in [0.25, 0.3) is 5.91 Å². The molecule has 0 radical (unpaired) electrons. The first-order valence-electron chi connectivity index (χ1n) is 8.05. The number of carbonyl (C=O) groups is 2. The van der Waals surface area contributed by atoms with Crippen molar-refractivity contribution in [2.24, 2.45) is 11.1 Å². The third-order valence-corrected chi connectivity index (χ3v) is 5.60. The molecule has 1 aromatic heterocycles. The molecule has 1 aromatic rings. The average Bonchev–Trinajstić information content (AvgIpc) is 3.16. The fraction of sp³-hybridized carbons (Fsp3) is 0.625. The van der Waals surface area contributed by atoms with Crippen LogP contribution in [0.2, 0.25) is 0 Å². The number of thiophene rings is 1. The quantitative estimate of drug-likeness (QED) is 0.864.